The van der Waals surface area contributed by atoms with Crippen LogP contribution in [0.2, 0.25) is 0 Å². The third kappa shape index (κ3) is 3.17. The lowest BCUT2D eigenvalue weighted by molar-refractivity contribution is 0.472. The zero-order valence-electron chi connectivity index (χ0n) is 15.5. The predicted molar refractivity (Wildman–Crippen MR) is 113 cm³/mol. The van der Waals surface area contributed by atoms with Gasteiger partial charge in [-0.2, -0.15) is 5.10 Å². The van der Waals surface area contributed by atoms with Crippen molar-refractivity contribution in [2.24, 2.45) is 5.10 Å². The van der Waals surface area contributed by atoms with Crippen LogP contribution in [-0.4, -0.2) is 10.8 Å². The molecule has 2 heterocycles. The van der Waals surface area contributed by atoms with Crippen molar-refractivity contribution in [1.29, 1.82) is 0 Å². The fraction of sp³-hybridized carbons (Fsp3) is 0.0833. The molecule has 0 saturated carbocycles. The van der Waals surface area contributed by atoms with Gasteiger partial charge in [0.1, 0.15) is 11.3 Å². The zero-order chi connectivity index (χ0) is 19.8. The van der Waals surface area contributed by atoms with Crippen LogP contribution in [0.15, 0.2) is 99.2 Å². The second kappa shape index (κ2) is 6.95. The molecule has 0 spiro atoms. The zero-order valence-corrected chi connectivity index (χ0v) is 15.5. The molecule has 0 saturated heterocycles. The molecule has 0 fully saturated rings. The van der Waals surface area contributed by atoms with Crippen molar-refractivity contribution in [3.63, 3.8) is 0 Å². The van der Waals surface area contributed by atoms with Gasteiger partial charge in [0.2, 0.25) is 0 Å². The minimum Gasteiger partial charge on any atom is -0.507 e. The number of phenolic OH excluding ortho intramolecular Hbond substituents is 1. The molecule has 3 aromatic carbocycles. The molecule has 0 radical (unpaired) electrons. The average Bonchev–Trinajstić information content (AvgIpc) is 3.20. The number of rotatable bonds is 3. The summed E-state index contributed by atoms with van der Waals surface area (Å²) in [6.45, 7) is 0. The summed E-state index contributed by atoms with van der Waals surface area (Å²) >= 11 is 0. The Kier molecular flexibility index (Phi) is 4.13. The van der Waals surface area contributed by atoms with Crippen LogP contribution < -0.4 is 10.6 Å². The maximum absolute atomic E-state index is 11.5. The van der Waals surface area contributed by atoms with Gasteiger partial charge in [-0.3, -0.25) is 5.01 Å². The summed E-state index contributed by atoms with van der Waals surface area (Å²) in [5.41, 5.74) is 3.49. The fourth-order valence-electron chi connectivity index (χ4n) is 3.76. The molecule has 1 N–H and O–H groups in total. The van der Waals surface area contributed by atoms with Gasteiger partial charge >= 0.3 is 5.63 Å². The summed E-state index contributed by atoms with van der Waals surface area (Å²) in [5, 5.41) is 18.2. The van der Waals surface area contributed by atoms with Gasteiger partial charge in [0.25, 0.3) is 0 Å². The van der Waals surface area contributed by atoms with Crippen LogP contribution in [0, 0.1) is 0 Å². The molecule has 1 aromatic heterocycles. The smallest absolute Gasteiger partial charge is 0.336 e. The first-order valence-electron chi connectivity index (χ1n) is 9.43. The quantitative estimate of drug-likeness (QED) is 0.514. The van der Waals surface area contributed by atoms with Crippen LogP contribution >= 0.6 is 0 Å². The summed E-state index contributed by atoms with van der Waals surface area (Å²) in [6.07, 6.45) is 0.648. The third-order valence-corrected chi connectivity index (χ3v) is 5.16. The lowest BCUT2D eigenvalue weighted by Gasteiger charge is -2.23. The largest absolute Gasteiger partial charge is 0.507 e. The molecule has 1 aliphatic heterocycles. The Morgan fingerprint density at radius 2 is 1.66 bits per heavy atom. The van der Waals surface area contributed by atoms with Crippen molar-refractivity contribution >= 4 is 22.4 Å². The van der Waals surface area contributed by atoms with Gasteiger partial charge in [-0.05, 0) is 29.8 Å². The van der Waals surface area contributed by atoms with E-state index in [1.807, 2.05) is 59.6 Å². The summed E-state index contributed by atoms with van der Waals surface area (Å²) in [6, 6.07) is 26.6. The van der Waals surface area contributed by atoms with E-state index in [9.17, 15) is 9.90 Å². The number of hydrazone groups is 1. The van der Waals surface area contributed by atoms with E-state index in [-0.39, 0.29) is 11.8 Å². The van der Waals surface area contributed by atoms with Crippen molar-refractivity contribution in [3.05, 3.63) is 106 Å². The van der Waals surface area contributed by atoms with E-state index in [1.54, 1.807) is 6.07 Å². The normalized spacial score (nSPS) is 16.2. The van der Waals surface area contributed by atoms with E-state index in [1.165, 1.54) is 12.1 Å². The summed E-state index contributed by atoms with van der Waals surface area (Å²) < 4.78 is 5.18. The Morgan fingerprint density at radius 1 is 0.931 bits per heavy atom. The Balaban J connectivity index is 1.62. The summed E-state index contributed by atoms with van der Waals surface area (Å²) in [7, 11) is 0. The first-order valence-corrected chi connectivity index (χ1v) is 9.43. The van der Waals surface area contributed by atoms with Gasteiger partial charge in [0.05, 0.1) is 17.4 Å². The number of aromatic hydroxyl groups is 1. The lowest BCUT2D eigenvalue weighted by Crippen LogP contribution is -2.18. The predicted octanol–water partition coefficient (Wildman–Crippen LogP) is 4.85. The highest BCUT2D eigenvalue weighted by atomic mass is 16.4. The first-order chi connectivity index (χ1) is 14.2. The SMILES string of the molecule is O=c1ccc2cc(C3=NN(c4ccccc4)C(c4ccccc4)C3)c(O)cc2o1. The first kappa shape index (κ1) is 17.3. The number of hydrogen-bond acceptors (Lipinski definition) is 5. The van der Waals surface area contributed by atoms with E-state index < -0.39 is 5.63 Å². The molecular weight excluding hydrogens is 364 g/mol. The number of para-hydroxylation sites is 1. The van der Waals surface area contributed by atoms with E-state index in [4.69, 9.17) is 9.52 Å². The van der Waals surface area contributed by atoms with Gasteiger partial charge in [0, 0.05) is 29.5 Å². The van der Waals surface area contributed by atoms with Crippen LogP contribution in [-0.2, 0) is 0 Å². The van der Waals surface area contributed by atoms with Gasteiger partial charge in [-0.1, -0.05) is 48.5 Å². The maximum atomic E-state index is 11.5. The summed E-state index contributed by atoms with van der Waals surface area (Å²) in [5.74, 6) is 0.0484. The Morgan fingerprint density at radius 3 is 2.41 bits per heavy atom. The second-order valence-corrected chi connectivity index (χ2v) is 7.02. The number of benzene rings is 3. The molecule has 1 unspecified atom stereocenters. The molecule has 5 heteroatoms. The third-order valence-electron chi connectivity index (χ3n) is 5.16. The lowest BCUT2D eigenvalue weighted by atomic mass is 9.97. The van der Waals surface area contributed by atoms with Crippen LogP contribution in [0.4, 0.5) is 5.69 Å². The molecule has 0 bridgehead atoms. The number of phenols is 1. The number of hydrogen-bond donors (Lipinski definition) is 1. The topological polar surface area (TPSA) is 66.0 Å². The van der Waals surface area contributed by atoms with Gasteiger partial charge in [-0.15, -0.1) is 0 Å². The summed E-state index contributed by atoms with van der Waals surface area (Å²) in [4.78, 5) is 11.5. The van der Waals surface area contributed by atoms with Gasteiger partial charge in [-0.25, -0.2) is 4.79 Å². The molecule has 0 aliphatic carbocycles. The second-order valence-electron chi connectivity index (χ2n) is 7.02. The fourth-order valence-corrected chi connectivity index (χ4v) is 3.76. The maximum Gasteiger partial charge on any atom is 0.336 e. The van der Waals surface area contributed by atoms with Gasteiger partial charge in [0.15, 0.2) is 0 Å². The number of fused-ring (bicyclic) bond motifs is 1. The molecule has 142 valence electrons. The van der Waals surface area contributed by atoms with Crippen molar-refractivity contribution in [2.45, 2.75) is 12.5 Å². The Hall–Kier alpha value is -3.86. The number of nitrogens with zero attached hydrogens (tertiary/aromatic N) is 2. The van der Waals surface area contributed by atoms with Crippen molar-refractivity contribution in [3.8, 4) is 5.75 Å². The van der Waals surface area contributed by atoms with Crippen LogP contribution in [0.3, 0.4) is 0 Å². The van der Waals surface area contributed by atoms with Crippen LogP contribution in [0.5, 0.6) is 5.75 Å². The molecule has 29 heavy (non-hydrogen) atoms. The van der Waals surface area contributed by atoms with E-state index >= 15 is 0 Å². The average molecular weight is 382 g/mol. The van der Waals surface area contributed by atoms with Crippen molar-refractivity contribution in [1.82, 2.24) is 0 Å². The molecule has 1 aliphatic rings. The minimum atomic E-state index is -0.442. The van der Waals surface area contributed by atoms with Crippen LogP contribution in [0.1, 0.15) is 23.6 Å². The van der Waals surface area contributed by atoms with E-state index in [0.29, 0.717) is 17.6 Å². The molecule has 4 aromatic rings. The Labute approximate surface area is 167 Å². The van der Waals surface area contributed by atoms with Crippen molar-refractivity contribution < 1.29 is 9.52 Å². The van der Waals surface area contributed by atoms with Crippen molar-refractivity contribution in [2.75, 3.05) is 5.01 Å². The standard InChI is InChI=1S/C24H18N2O3/c27-22-15-23-17(11-12-24(28)29-23)13-19(22)20-14-21(16-7-3-1-4-8-16)26(25-20)18-9-5-2-6-10-18/h1-13,15,21,27H,14H2. The molecular formula is C24H18N2O3. The highest BCUT2D eigenvalue weighted by Gasteiger charge is 2.31. The monoisotopic (exact) mass is 382 g/mol. The molecule has 0 amide bonds. The molecule has 5 rings (SSSR count). The van der Waals surface area contributed by atoms with E-state index in [0.717, 1.165) is 22.3 Å². The highest BCUT2D eigenvalue weighted by molar-refractivity contribution is 6.07. The minimum absolute atomic E-state index is 0.0254. The van der Waals surface area contributed by atoms with Crippen LogP contribution in [0.25, 0.3) is 11.0 Å². The highest BCUT2D eigenvalue weighted by Crippen LogP contribution is 2.38. The van der Waals surface area contributed by atoms with E-state index in [2.05, 4.69) is 12.1 Å². The molecule has 1 atom stereocenters. The number of anilines is 1. The van der Waals surface area contributed by atoms with Gasteiger partial charge < -0.3 is 9.52 Å². The Bertz CT molecular complexity index is 1260. The molecule has 5 nitrogen and oxygen atoms in total.